The van der Waals surface area contributed by atoms with Gasteiger partial charge in [0.2, 0.25) is 5.91 Å². The molecule has 18 heavy (non-hydrogen) atoms. The molecule has 0 aliphatic carbocycles. The van der Waals surface area contributed by atoms with Gasteiger partial charge < -0.3 is 5.32 Å². The molecule has 0 spiro atoms. The molecule has 0 unspecified atom stereocenters. The van der Waals surface area contributed by atoms with E-state index in [-0.39, 0.29) is 5.91 Å². The number of carbonyl (C=O) groups is 1. The van der Waals surface area contributed by atoms with Crippen LogP contribution in [-0.4, -0.2) is 5.91 Å². The molecular formula is C15H17NOS. The molecule has 0 atom stereocenters. The number of hydrogen-bond acceptors (Lipinski definition) is 2. The van der Waals surface area contributed by atoms with Crippen molar-refractivity contribution < 1.29 is 4.79 Å². The Bertz CT molecular complexity index is 511. The lowest BCUT2D eigenvalue weighted by atomic mass is 10.1. The molecular weight excluding hydrogens is 242 g/mol. The summed E-state index contributed by atoms with van der Waals surface area (Å²) in [7, 11) is 0. The largest absolute Gasteiger partial charge is 0.326 e. The lowest BCUT2D eigenvalue weighted by molar-refractivity contribution is -0.116. The average molecular weight is 259 g/mol. The highest BCUT2D eigenvalue weighted by Gasteiger charge is 2.04. The maximum absolute atomic E-state index is 11.8. The van der Waals surface area contributed by atoms with Crippen LogP contribution in [0.15, 0.2) is 35.0 Å². The molecule has 1 aromatic carbocycles. The summed E-state index contributed by atoms with van der Waals surface area (Å²) in [5, 5.41) is 7.08. The van der Waals surface area contributed by atoms with Gasteiger partial charge in [-0.1, -0.05) is 6.07 Å². The topological polar surface area (TPSA) is 29.1 Å². The molecule has 0 fully saturated rings. The molecule has 1 aromatic heterocycles. The van der Waals surface area contributed by atoms with Gasteiger partial charge in [-0.2, -0.15) is 11.3 Å². The number of carbonyl (C=O) groups excluding carboxylic acids is 1. The molecule has 0 saturated heterocycles. The molecule has 3 heteroatoms. The lowest BCUT2D eigenvalue weighted by Crippen LogP contribution is -2.12. The van der Waals surface area contributed by atoms with Gasteiger partial charge in [0.1, 0.15) is 0 Å². The maximum atomic E-state index is 11.8. The van der Waals surface area contributed by atoms with Gasteiger partial charge in [-0.3, -0.25) is 4.79 Å². The Hall–Kier alpha value is -1.61. The molecule has 2 aromatic rings. The third-order valence-corrected chi connectivity index (χ3v) is 3.46. The normalized spacial score (nSPS) is 10.3. The van der Waals surface area contributed by atoms with E-state index in [1.807, 2.05) is 31.4 Å². The molecule has 2 nitrogen and oxygen atoms in total. The standard InChI is InChI=1S/C15H17NOS/c1-11-7-12(2)9-14(8-11)16-15(17)4-3-13-5-6-18-10-13/h5-10H,3-4H2,1-2H3,(H,16,17). The van der Waals surface area contributed by atoms with Crippen LogP contribution in [0.5, 0.6) is 0 Å². The van der Waals surface area contributed by atoms with Crippen LogP contribution in [0.2, 0.25) is 0 Å². The fraction of sp³-hybridized carbons (Fsp3) is 0.267. The lowest BCUT2D eigenvalue weighted by Gasteiger charge is -2.07. The van der Waals surface area contributed by atoms with Gasteiger partial charge >= 0.3 is 0 Å². The summed E-state index contributed by atoms with van der Waals surface area (Å²) >= 11 is 1.67. The average Bonchev–Trinajstić information content (AvgIpc) is 2.77. The summed E-state index contributed by atoms with van der Waals surface area (Å²) in [6.45, 7) is 4.07. The van der Waals surface area contributed by atoms with E-state index in [1.165, 1.54) is 16.7 Å². The first-order valence-electron chi connectivity index (χ1n) is 6.03. The molecule has 0 bridgehead atoms. The van der Waals surface area contributed by atoms with Gasteiger partial charge in [0.05, 0.1) is 0 Å². The summed E-state index contributed by atoms with van der Waals surface area (Å²) in [4.78, 5) is 11.8. The molecule has 0 aliphatic heterocycles. The third-order valence-electron chi connectivity index (χ3n) is 2.73. The van der Waals surface area contributed by atoms with Crippen molar-refractivity contribution >= 4 is 22.9 Å². The first-order valence-corrected chi connectivity index (χ1v) is 6.97. The summed E-state index contributed by atoms with van der Waals surface area (Å²) in [5.41, 5.74) is 4.46. The molecule has 1 N–H and O–H groups in total. The Kier molecular flexibility index (Phi) is 4.15. The Balaban J connectivity index is 1.90. The van der Waals surface area contributed by atoms with E-state index in [1.54, 1.807) is 11.3 Å². The number of anilines is 1. The van der Waals surface area contributed by atoms with Crippen molar-refractivity contribution in [1.82, 2.24) is 0 Å². The predicted molar refractivity (Wildman–Crippen MR) is 77.2 cm³/mol. The highest BCUT2D eigenvalue weighted by Crippen LogP contribution is 2.14. The van der Waals surface area contributed by atoms with E-state index < -0.39 is 0 Å². The van der Waals surface area contributed by atoms with Gasteiger partial charge in [-0.05, 0) is 65.9 Å². The van der Waals surface area contributed by atoms with Crippen LogP contribution in [0.25, 0.3) is 0 Å². The van der Waals surface area contributed by atoms with Crippen molar-refractivity contribution in [2.45, 2.75) is 26.7 Å². The van der Waals surface area contributed by atoms with Crippen LogP contribution in [0.1, 0.15) is 23.1 Å². The van der Waals surface area contributed by atoms with E-state index in [0.717, 1.165) is 12.1 Å². The second-order valence-corrected chi connectivity index (χ2v) is 5.34. The smallest absolute Gasteiger partial charge is 0.224 e. The molecule has 0 aliphatic rings. The van der Waals surface area contributed by atoms with Gasteiger partial charge in [0.25, 0.3) is 0 Å². The monoisotopic (exact) mass is 259 g/mol. The first kappa shape index (κ1) is 12.8. The fourth-order valence-corrected chi connectivity index (χ4v) is 2.67. The Morgan fingerprint density at radius 1 is 1.22 bits per heavy atom. The molecule has 94 valence electrons. The van der Waals surface area contributed by atoms with Crippen molar-refractivity contribution in [3.8, 4) is 0 Å². The van der Waals surface area contributed by atoms with Gasteiger partial charge in [0, 0.05) is 12.1 Å². The van der Waals surface area contributed by atoms with E-state index in [9.17, 15) is 4.79 Å². The number of rotatable bonds is 4. The van der Waals surface area contributed by atoms with E-state index in [2.05, 4.69) is 22.8 Å². The van der Waals surface area contributed by atoms with Crippen molar-refractivity contribution in [2.75, 3.05) is 5.32 Å². The highest BCUT2D eigenvalue weighted by atomic mass is 32.1. The van der Waals surface area contributed by atoms with Gasteiger partial charge in [-0.15, -0.1) is 0 Å². The van der Waals surface area contributed by atoms with Crippen LogP contribution < -0.4 is 5.32 Å². The molecule has 2 rings (SSSR count). The Morgan fingerprint density at radius 3 is 2.56 bits per heavy atom. The number of amides is 1. The predicted octanol–water partition coefficient (Wildman–Crippen LogP) is 3.94. The van der Waals surface area contributed by atoms with Crippen molar-refractivity contribution in [2.24, 2.45) is 0 Å². The highest BCUT2D eigenvalue weighted by molar-refractivity contribution is 7.07. The zero-order chi connectivity index (χ0) is 13.0. The second kappa shape index (κ2) is 5.83. The number of benzene rings is 1. The summed E-state index contributed by atoms with van der Waals surface area (Å²) in [6, 6.07) is 8.15. The van der Waals surface area contributed by atoms with E-state index in [4.69, 9.17) is 0 Å². The van der Waals surface area contributed by atoms with Gasteiger partial charge in [-0.25, -0.2) is 0 Å². The minimum Gasteiger partial charge on any atom is -0.326 e. The molecule has 1 heterocycles. The Morgan fingerprint density at radius 2 is 1.94 bits per heavy atom. The SMILES string of the molecule is Cc1cc(C)cc(NC(=O)CCc2ccsc2)c1. The molecule has 0 saturated carbocycles. The second-order valence-electron chi connectivity index (χ2n) is 4.56. The summed E-state index contributed by atoms with van der Waals surface area (Å²) < 4.78 is 0. The van der Waals surface area contributed by atoms with E-state index >= 15 is 0 Å². The maximum Gasteiger partial charge on any atom is 0.224 e. The minimum atomic E-state index is 0.0752. The number of hydrogen-bond donors (Lipinski definition) is 1. The zero-order valence-corrected chi connectivity index (χ0v) is 11.5. The molecule has 1 amide bonds. The van der Waals surface area contributed by atoms with Crippen molar-refractivity contribution in [3.63, 3.8) is 0 Å². The van der Waals surface area contributed by atoms with E-state index in [0.29, 0.717) is 6.42 Å². The van der Waals surface area contributed by atoms with Crippen LogP contribution >= 0.6 is 11.3 Å². The van der Waals surface area contributed by atoms with Crippen LogP contribution in [0, 0.1) is 13.8 Å². The fourth-order valence-electron chi connectivity index (χ4n) is 1.96. The quantitative estimate of drug-likeness (QED) is 0.885. The Labute approximate surface area is 112 Å². The summed E-state index contributed by atoms with van der Waals surface area (Å²) in [6.07, 6.45) is 1.34. The number of nitrogens with one attached hydrogen (secondary N) is 1. The third kappa shape index (κ3) is 3.70. The minimum absolute atomic E-state index is 0.0752. The van der Waals surface area contributed by atoms with Crippen molar-refractivity contribution in [3.05, 3.63) is 51.7 Å². The van der Waals surface area contributed by atoms with Gasteiger partial charge in [0.15, 0.2) is 0 Å². The van der Waals surface area contributed by atoms with Crippen LogP contribution in [0.3, 0.4) is 0 Å². The first-order chi connectivity index (χ1) is 8.63. The molecule has 0 radical (unpaired) electrons. The summed E-state index contributed by atoms with van der Waals surface area (Å²) in [5.74, 6) is 0.0752. The zero-order valence-electron chi connectivity index (χ0n) is 10.7. The van der Waals surface area contributed by atoms with Crippen molar-refractivity contribution in [1.29, 1.82) is 0 Å². The van der Waals surface area contributed by atoms with Crippen LogP contribution in [0.4, 0.5) is 5.69 Å². The number of aryl methyl sites for hydroxylation is 3. The number of thiophene rings is 1. The van der Waals surface area contributed by atoms with Crippen LogP contribution in [-0.2, 0) is 11.2 Å².